The van der Waals surface area contributed by atoms with Crippen LogP contribution in [-0.4, -0.2) is 17.8 Å². The molecule has 1 N–H and O–H groups in total. The van der Waals surface area contributed by atoms with Crippen molar-refractivity contribution in [3.8, 4) is 0 Å². The predicted molar refractivity (Wildman–Crippen MR) is 74.5 cm³/mol. The van der Waals surface area contributed by atoms with Gasteiger partial charge in [-0.15, -0.1) is 0 Å². The van der Waals surface area contributed by atoms with Gasteiger partial charge in [-0.2, -0.15) is 0 Å². The van der Waals surface area contributed by atoms with Gasteiger partial charge in [0.2, 0.25) is 0 Å². The van der Waals surface area contributed by atoms with E-state index in [2.05, 4.69) is 21.2 Å². The monoisotopic (exact) mass is 399 g/mol. The molecule has 0 saturated carbocycles. The Hall–Kier alpha value is -0.170. The Morgan fingerprint density at radius 2 is 2.19 bits per heavy atom. The van der Waals surface area contributed by atoms with Gasteiger partial charge in [0, 0.05) is 15.4 Å². The standard InChI is InChI=1S/C11H12BrFINO/c12-5-1-2-6-15-11(16)9-4-3-8(13)7-10(9)14/h3-4,7H,1-2,5-6H2,(H,15,16). The van der Waals surface area contributed by atoms with Crippen LogP contribution in [0, 0.1) is 9.39 Å². The average molecular weight is 400 g/mol. The van der Waals surface area contributed by atoms with Crippen molar-refractivity contribution in [1.29, 1.82) is 0 Å². The molecule has 0 atom stereocenters. The molecule has 1 aromatic carbocycles. The second-order valence-corrected chi connectivity index (χ2v) is 5.23. The zero-order valence-corrected chi connectivity index (χ0v) is 12.3. The quantitative estimate of drug-likeness (QED) is 0.459. The second kappa shape index (κ2) is 7.21. The van der Waals surface area contributed by atoms with E-state index in [1.54, 1.807) is 0 Å². The fraction of sp³-hybridized carbons (Fsp3) is 0.364. The average Bonchev–Trinajstić information content (AvgIpc) is 2.24. The maximum Gasteiger partial charge on any atom is 0.252 e. The van der Waals surface area contributed by atoms with Gasteiger partial charge in [0.25, 0.3) is 5.91 Å². The summed E-state index contributed by atoms with van der Waals surface area (Å²) in [5, 5.41) is 3.75. The second-order valence-electron chi connectivity index (χ2n) is 3.28. The van der Waals surface area contributed by atoms with Crippen LogP contribution in [0.5, 0.6) is 0 Å². The molecule has 88 valence electrons. The van der Waals surface area contributed by atoms with Crippen LogP contribution in [0.3, 0.4) is 0 Å². The molecule has 0 unspecified atom stereocenters. The first kappa shape index (κ1) is 13.9. The van der Waals surface area contributed by atoms with Crippen LogP contribution in [-0.2, 0) is 0 Å². The Labute approximate surface area is 116 Å². The van der Waals surface area contributed by atoms with Gasteiger partial charge in [-0.1, -0.05) is 15.9 Å². The van der Waals surface area contributed by atoms with Gasteiger partial charge < -0.3 is 5.32 Å². The highest BCUT2D eigenvalue weighted by molar-refractivity contribution is 14.1. The minimum Gasteiger partial charge on any atom is -0.352 e. The van der Waals surface area contributed by atoms with Gasteiger partial charge in [-0.25, -0.2) is 4.39 Å². The molecule has 0 aliphatic heterocycles. The number of alkyl halides is 1. The van der Waals surface area contributed by atoms with Crippen LogP contribution in [0.4, 0.5) is 4.39 Å². The topological polar surface area (TPSA) is 29.1 Å². The summed E-state index contributed by atoms with van der Waals surface area (Å²) in [5.74, 6) is -0.459. The molecule has 0 spiro atoms. The molecule has 0 heterocycles. The maximum atomic E-state index is 12.8. The predicted octanol–water partition coefficient (Wildman–Crippen LogP) is 3.34. The van der Waals surface area contributed by atoms with E-state index in [1.807, 2.05) is 22.6 Å². The first-order valence-electron chi connectivity index (χ1n) is 4.94. The van der Waals surface area contributed by atoms with E-state index in [0.717, 1.165) is 18.2 Å². The number of halogens is 3. The van der Waals surface area contributed by atoms with E-state index in [9.17, 15) is 9.18 Å². The van der Waals surface area contributed by atoms with Gasteiger partial charge in [0.15, 0.2) is 0 Å². The van der Waals surface area contributed by atoms with Crippen molar-refractivity contribution < 1.29 is 9.18 Å². The van der Waals surface area contributed by atoms with Crippen LogP contribution >= 0.6 is 38.5 Å². The smallest absolute Gasteiger partial charge is 0.252 e. The van der Waals surface area contributed by atoms with Crippen molar-refractivity contribution in [3.05, 3.63) is 33.1 Å². The lowest BCUT2D eigenvalue weighted by molar-refractivity contribution is 0.0952. The molecule has 1 rings (SSSR count). The SMILES string of the molecule is O=C(NCCCCBr)c1ccc(F)cc1I. The Morgan fingerprint density at radius 1 is 1.44 bits per heavy atom. The minimum absolute atomic E-state index is 0.140. The first-order chi connectivity index (χ1) is 7.65. The molecule has 0 fully saturated rings. The van der Waals surface area contributed by atoms with Crippen molar-refractivity contribution in [2.24, 2.45) is 0 Å². The minimum atomic E-state index is -0.319. The molecule has 0 aromatic heterocycles. The van der Waals surface area contributed by atoms with E-state index in [1.165, 1.54) is 18.2 Å². The molecule has 2 nitrogen and oxygen atoms in total. The first-order valence-corrected chi connectivity index (χ1v) is 7.14. The summed E-state index contributed by atoms with van der Waals surface area (Å²) in [6.07, 6.45) is 1.97. The molecule has 0 radical (unpaired) electrons. The van der Waals surface area contributed by atoms with Gasteiger partial charge in [0.1, 0.15) is 5.82 Å². The van der Waals surface area contributed by atoms with Crippen molar-refractivity contribution in [3.63, 3.8) is 0 Å². The summed E-state index contributed by atoms with van der Waals surface area (Å²) < 4.78 is 13.5. The van der Waals surface area contributed by atoms with E-state index in [4.69, 9.17) is 0 Å². The molecule has 1 aromatic rings. The Bertz CT molecular complexity index is 373. The third-order valence-corrected chi connectivity index (χ3v) is 3.47. The van der Waals surface area contributed by atoms with E-state index in [-0.39, 0.29) is 11.7 Å². The molecule has 16 heavy (non-hydrogen) atoms. The molecule has 5 heteroatoms. The summed E-state index contributed by atoms with van der Waals surface area (Å²) >= 11 is 5.29. The summed E-state index contributed by atoms with van der Waals surface area (Å²) in [5.41, 5.74) is 0.529. The number of amides is 1. The lowest BCUT2D eigenvalue weighted by Gasteiger charge is -2.06. The number of hydrogen-bond acceptors (Lipinski definition) is 1. The van der Waals surface area contributed by atoms with Crippen molar-refractivity contribution in [1.82, 2.24) is 5.32 Å². The number of unbranched alkanes of at least 4 members (excludes halogenated alkanes) is 1. The highest BCUT2D eigenvalue weighted by Gasteiger charge is 2.09. The van der Waals surface area contributed by atoms with Crippen molar-refractivity contribution in [2.75, 3.05) is 11.9 Å². The third kappa shape index (κ3) is 4.37. The van der Waals surface area contributed by atoms with Gasteiger partial charge in [-0.05, 0) is 53.6 Å². The number of benzene rings is 1. The Morgan fingerprint density at radius 3 is 2.81 bits per heavy atom. The largest absolute Gasteiger partial charge is 0.352 e. The van der Waals surface area contributed by atoms with E-state index >= 15 is 0 Å². The number of carbonyl (C=O) groups excluding carboxylic acids is 1. The number of carbonyl (C=O) groups is 1. The van der Waals surface area contributed by atoms with Gasteiger partial charge in [-0.3, -0.25) is 4.79 Å². The normalized spacial score (nSPS) is 10.2. The van der Waals surface area contributed by atoms with E-state index in [0.29, 0.717) is 15.7 Å². The number of nitrogens with one attached hydrogen (secondary N) is 1. The highest BCUT2D eigenvalue weighted by Crippen LogP contribution is 2.13. The maximum absolute atomic E-state index is 12.8. The molecular weight excluding hydrogens is 388 g/mol. The lowest BCUT2D eigenvalue weighted by Crippen LogP contribution is -2.25. The van der Waals surface area contributed by atoms with Crippen LogP contribution in [0.2, 0.25) is 0 Å². The molecule has 0 aliphatic carbocycles. The zero-order chi connectivity index (χ0) is 12.0. The molecule has 0 saturated heterocycles. The van der Waals surface area contributed by atoms with Gasteiger partial charge >= 0.3 is 0 Å². The molecule has 0 bridgehead atoms. The molecule has 1 amide bonds. The van der Waals surface area contributed by atoms with Crippen LogP contribution in [0.1, 0.15) is 23.2 Å². The van der Waals surface area contributed by atoms with Crippen LogP contribution in [0.15, 0.2) is 18.2 Å². The number of hydrogen-bond donors (Lipinski definition) is 1. The van der Waals surface area contributed by atoms with Crippen molar-refractivity contribution >= 4 is 44.4 Å². The van der Waals surface area contributed by atoms with Gasteiger partial charge in [0.05, 0.1) is 5.56 Å². The van der Waals surface area contributed by atoms with Crippen LogP contribution in [0.25, 0.3) is 0 Å². The van der Waals surface area contributed by atoms with E-state index < -0.39 is 0 Å². The molecular formula is C11H12BrFINO. The molecule has 0 aliphatic rings. The number of rotatable bonds is 5. The summed E-state index contributed by atoms with van der Waals surface area (Å²) in [4.78, 5) is 11.7. The van der Waals surface area contributed by atoms with Crippen molar-refractivity contribution in [2.45, 2.75) is 12.8 Å². The van der Waals surface area contributed by atoms with Crippen LogP contribution < -0.4 is 5.32 Å². The third-order valence-electron chi connectivity index (χ3n) is 2.02. The lowest BCUT2D eigenvalue weighted by atomic mass is 10.2. The summed E-state index contributed by atoms with van der Waals surface area (Å²) in [6.45, 7) is 0.651. The fourth-order valence-electron chi connectivity index (χ4n) is 1.19. The Kier molecular flexibility index (Phi) is 6.26. The fourth-order valence-corrected chi connectivity index (χ4v) is 2.31. The highest BCUT2D eigenvalue weighted by atomic mass is 127. The summed E-state index contributed by atoms with van der Waals surface area (Å²) in [6, 6.07) is 4.17. The Balaban J connectivity index is 2.53. The summed E-state index contributed by atoms with van der Waals surface area (Å²) in [7, 11) is 0. The zero-order valence-electron chi connectivity index (χ0n) is 8.60.